The molecule has 18 heavy (non-hydrogen) atoms. The van der Waals surface area contributed by atoms with E-state index in [4.69, 9.17) is 0 Å². The van der Waals surface area contributed by atoms with Crippen LogP contribution in [0.4, 0.5) is 0 Å². The molecule has 1 aliphatic rings. The van der Waals surface area contributed by atoms with Gasteiger partial charge in [-0.15, -0.1) is 11.3 Å². The minimum absolute atomic E-state index is 0.00580. The van der Waals surface area contributed by atoms with Crippen LogP contribution < -0.4 is 10.6 Å². The van der Waals surface area contributed by atoms with E-state index < -0.39 is 0 Å². The predicted octanol–water partition coefficient (Wildman–Crippen LogP) is 1.70. The van der Waals surface area contributed by atoms with E-state index in [9.17, 15) is 4.79 Å². The van der Waals surface area contributed by atoms with Crippen molar-refractivity contribution in [2.45, 2.75) is 33.1 Å². The highest BCUT2D eigenvalue weighted by Crippen LogP contribution is 2.29. The van der Waals surface area contributed by atoms with Crippen LogP contribution in [-0.2, 0) is 5.41 Å². The number of rotatable bonds is 3. The average molecular weight is 267 g/mol. The van der Waals surface area contributed by atoms with Crippen molar-refractivity contribution < 1.29 is 4.79 Å². The maximum absolute atomic E-state index is 12.1. The van der Waals surface area contributed by atoms with E-state index in [0.717, 1.165) is 35.2 Å². The number of carbonyl (C=O) groups is 1. The lowest BCUT2D eigenvalue weighted by atomic mass is 9.98. The molecule has 0 radical (unpaired) electrons. The highest BCUT2D eigenvalue weighted by atomic mass is 32.1. The van der Waals surface area contributed by atoms with Crippen LogP contribution in [0.2, 0.25) is 0 Å². The van der Waals surface area contributed by atoms with Gasteiger partial charge in [-0.2, -0.15) is 0 Å². The second-order valence-corrected chi connectivity index (χ2v) is 6.92. The van der Waals surface area contributed by atoms with Crippen LogP contribution >= 0.6 is 11.3 Å². The quantitative estimate of drug-likeness (QED) is 0.876. The Hall–Kier alpha value is -0.940. The van der Waals surface area contributed by atoms with Gasteiger partial charge in [-0.25, -0.2) is 4.98 Å². The van der Waals surface area contributed by atoms with Gasteiger partial charge in [-0.1, -0.05) is 20.8 Å². The van der Waals surface area contributed by atoms with E-state index in [1.54, 1.807) is 0 Å². The Morgan fingerprint density at radius 3 is 2.61 bits per heavy atom. The fourth-order valence-corrected chi connectivity index (χ4v) is 2.78. The summed E-state index contributed by atoms with van der Waals surface area (Å²) in [7, 11) is 0. The summed E-state index contributed by atoms with van der Waals surface area (Å²) in [4.78, 5) is 17.4. The molecule has 1 amide bonds. The molecule has 0 unspecified atom stereocenters. The van der Waals surface area contributed by atoms with Gasteiger partial charge in [0.05, 0.1) is 10.7 Å². The summed E-state index contributed by atoms with van der Waals surface area (Å²) in [6, 6.07) is 0. The monoisotopic (exact) mass is 267 g/mol. The van der Waals surface area contributed by atoms with Crippen LogP contribution in [0.3, 0.4) is 0 Å². The number of nitrogens with one attached hydrogen (secondary N) is 2. The van der Waals surface area contributed by atoms with E-state index in [-0.39, 0.29) is 11.3 Å². The molecule has 1 saturated heterocycles. The van der Waals surface area contributed by atoms with E-state index in [1.165, 1.54) is 11.3 Å². The first-order valence-corrected chi connectivity index (χ1v) is 7.16. The molecule has 4 nitrogen and oxygen atoms in total. The Morgan fingerprint density at radius 1 is 1.50 bits per heavy atom. The molecular weight excluding hydrogens is 246 g/mol. The van der Waals surface area contributed by atoms with Crippen LogP contribution in [-0.4, -0.2) is 30.5 Å². The standard InChI is InChI=1S/C13H21N3OS/c1-8-10(18-12(16-8)13(2,3)4)11(17)15-7-9-5-14-6-9/h9,14H,5-7H2,1-4H3,(H,15,17). The lowest BCUT2D eigenvalue weighted by Crippen LogP contribution is -2.48. The number of carbonyl (C=O) groups excluding carboxylic acids is 1. The van der Waals surface area contributed by atoms with Gasteiger partial charge < -0.3 is 10.6 Å². The second-order valence-electron chi connectivity index (χ2n) is 5.92. The summed E-state index contributed by atoms with van der Waals surface area (Å²) < 4.78 is 0. The number of amides is 1. The molecule has 0 atom stereocenters. The molecule has 0 spiro atoms. The molecule has 0 saturated carbocycles. The summed E-state index contributed by atoms with van der Waals surface area (Å²) >= 11 is 1.51. The number of nitrogens with zero attached hydrogens (tertiary/aromatic N) is 1. The molecule has 5 heteroatoms. The van der Waals surface area contributed by atoms with E-state index in [1.807, 2.05) is 6.92 Å². The summed E-state index contributed by atoms with van der Waals surface area (Å²) in [5.41, 5.74) is 0.848. The zero-order valence-corrected chi connectivity index (χ0v) is 12.3. The van der Waals surface area contributed by atoms with Crippen molar-refractivity contribution in [3.8, 4) is 0 Å². The zero-order chi connectivity index (χ0) is 13.3. The Bertz CT molecular complexity index is 444. The molecule has 1 aromatic rings. The largest absolute Gasteiger partial charge is 0.351 e. The Morgan fingerprint density at radius 2 is 2.17 bits per heavy atom. The molecule has 1 aliphatic heterocycles. The van der Waals surface area contributed by atoms with Crippen molar-refractivity contribution >= 4 is 17.2 Å². The first-order chi connectivity index (χ1) is 8.38. The highest BCUT2D eigenvalue weighted by Gasteiger charge is 2.24. The molecule has 0 aliphatic carbocycles. The summed E-state index contributed by atoms with van der Waals surface area (Å²) in [6.07, 6.45) is 0. The number of thiazole rings is 1. The van der Waals surface area contributed by atoms with Gasteiger partial charge in [0.15, 0.2) is 0 Å². The maximum Gasteiger partial charge on any atom is 0.263 e. The fraction of sp³-hybridized carbons (Fsp3) is 0.692. The lowest BCUT2D eigenvalue weighted by molar-refractivity contribution is 0.0945. The molecule has 2 heterocycles. The summed E-state index contributed by atoms with van der Waals surface area (Å²) in [5.74, 6) is 0.608. The van der Waals surface area contributed by atoms with E-state index in [0.29, 0.717) is 5.92 Å². The van der Waals surface area contributed by atoms with Gasteiger partial charge in [-0.05, 0) is 6.92 Å². The molecule has 1 fully saturated rings. The number of aromatic nitrogens is 1. The summed E-state index contributed by atoms with van der Waals surface area (Å²) in [5, 5.41) is 7.22. The predicted molar refractivity (Wildman–Crippen MR) is 74.2 cm³/mol. The topological polar surface area (TPSA) is 54.0 Å². The number of hydrogen-bond acceptors (Lipinski definition) is 4. The van der Waals surface area contributed by atoms with Gasteiger partial charge in [0.2, 0.25) is 0 Å². The van der Waals surface area contributed by atoms with Crippen LogP contribution in [0, 0.1) is 12.8 Å². The first kappa shape index (κ1) is 13.5. The number of aryl methyl sites for hydroxylation is 1. The van der Waals surface area contributed by atoms with Crippen molar-refractivity contribution in [3.63, 3.8) is 0 Å². The molecule has 0 aromatic carbocycles. The van der Waals surface area contributed by atoms with Gasteiger partial charge >= 0.3 is 0 Å². The van der Waals surface area contributed by atoms with Crippen molar-refractivity contribution in [1.82, 2.24) is 15.6 Å². The van der Waals surface area contributed by atoms with Gasteiger partial charge in [0, 0.05) is 31.0 Å². The van der Waals surface area contributed by atoms with Crippen LogP contribution in [0.5, 0.6) is 0 Å². The third-order valence-corrected chi connectivity index (χ3v) is 4.64. The van der Waals surface area contributed by atoms with Gasteiger partial charge in [-0.3, -0.25) is 4.79 Å². The highest BCUT2D eigenvalue weighted by molar-refractivity contribution is 7.14. The Labute approximate surface area is 112 Å². The molecule has 0 bridgehead atoms. The van der Waals surface area contributed by atoms with Crippen molar-refractivity contribution in [3.05, 3.63) is 15.6 Å². The third kappa shape index (κ3) is 2.90. The molecule has 2 N–H and O–H groups in total. The second kappa shape index (κ2) is 4.97. The Balaban J connectivity index is 2.02. The van der Waals surface area contributed by atoms with Crippen LogP contribution in [0.1, 0.15) is 41.1 Å². The Kier molecular flexibility index (Phi) is 3.73. The zero-order valence-electron chi connectivity index (χ0n) is 11.5. The third-order valence-electron chi connectivity index (χ3n) is 3.06. The van der Waals surface area contributed by atoms with Crippen molar-refractivity contribution in [2.75, 3.05) is 19.6 Å². The van der Waals surface area contributed by atoms with Crippen LogP contribution in [0.25, 0.3) is 0 Å². The molecule has 100 valence electrons. The average Bonchev–Trinajstić information content (AvgIpc) is 2.57. The SMILES string of the molecule is Cc1nc(C(C)(C)C)sc1C(=O)NCC1CNC1. The van der Waals surface area contributed by atoms with E-state index in [2.05, 4.69) is 36.4 Å². The fourth-order valence-electron chi connectivity index (χ4n) is 1.74. The lowest BCUT2D eigenvalue weighted by Gasteiger charge is -2.26. The minimum atomic E-state index is 0.00580. The first-order valence-electron chi connectivity index (χ1n) is 6.34. The van der Waals surface area contributed by atoms with Crippen LogP contribution in [0.15, 0.2) is 0 Å². The smallest absolute Gasteiger partial charge is 0.263 e. The van der Waals surface area contributed by atoms with Crippen molar-refractivity contribution in [2.24, 2.45) is 5.92 Å². The van der Waals surface area contributed by atoms with Crippen molar-refractivity contribution in [1.29, 1.82) is 0 Å². The molecular formula is C13H21N3OS. The van der Waals surface area contributed by atoms with E-state index >= 15 is 0 Å². The van der Waals surface area contributed by atoms with Gasteiger partial charge in [0.25, 0.3) is 5.91 Å². The summed E-state index contributed by atoms with van der Waals surface area (Å²) in [6.45, 7) is 11.0. The normalized spacial score (nSPS) is 16.4. The molecule has 2 rings (SSSR count). The van der Waals surface area contributed by atoms with Gasteiger partial charge in [0.1, 0.15) is 4.88 Å². The molecule has 1 aromatic heterocycles. The minimum Gasteiger partial charge on any atom is -0.351 e. The number of hydrogen-bond donors (Lipinski definition) is 2. The maximum atomic E-state index is 12.1.